The first-order valence-electron chi connectivity index (χ1n) is 7.61. The Hall–Kier alpha value is -1.69. The molecule has 1 unspecified atom stereocenters. The number of hydrogen-bond donors (Lipinski definition) is 3. The number of nitrogens with zero attached hydrogens (tertiary/aromatic N) is 2. The van der Waals surface area contributed by atoms with E-state index in [-0.39, 0.29) is 17.8 Å². The van der Waals surface area contributed by atoms with Crippen LogP contribution < -0.4 is 16.4 Å². The highest BCUT2D eigenvalue weighted by molar-refractivity contribution is 8.01. The van der Waals surface area contributed by atoms with Crippen LogP contribution in [-0.2, 0) is 9.53 Å². The SMILES string of the molecule is NC(=O)c1ccsc1NC(=O)CSc1nnc(NCC2CCCO2)s1. The van der Waals surface area contributed by atoms with Gasteiger partial charge in [0.05, 0.1) is 17.4 Å². The van der Waals surface area contributed by atoms with Crippen molar-refractivity contribution in [1.29, 1.82) is 0 Å². The largest absolute Gasteiger partial charge is 0.376 e. The maximum absolute atomic E-state index is 12.0. The average Bonchev–Trinajstić information content (AvgIpc) is 3.32. The van der Waals surface area contributed by atoms with E-state index in [9.17, 15) is 9.59 Å². The van der Waals surface area contributed by atoms with Crippen LogP contribution in [0.5, 0.6) is 0 Å². The number of nitrogens with one attached hydrogen (secondary N) is 2. The molecule has 3 rings (SSSR count). The summed E-state index contributed by atoms with van der Waals surface area (Å²) < 4.78 is 6.24. The summed E-state index contributed by atoms with van der Waals surface area (Å²) in [5, 5.41) is 16.9. The summed E-state index contributed by atoms with van der Waals surface area (Å²) in [7, 11) is 0. The Morgan fingerprint density at radius 2 is 2.32 bits per heavy atom. The summed E-state index contributed by atoms with van der Waals surface area (Å²) >= 11 is 3.95. The van der Waals surface area contributed by atoms with Crippen molar-refractivity contribution in [3.05, 3.63) is 17.0 Å². The number of amides is 2. The lowest BCUT2D eigenvalue weighted by Crippen LogP contribution is -2.18. The first-order chi connectivity index (χ1) is 12.1. The predicted molar refractivity (Wildman–Crippen MR) is 99.6 cm³/mol. The molecule has 3 heterocycles. The summed E-state index contributed by atoms with van der Waals surface area (Å²) in [6.07, 6.45) is 2.39. The molecule has 1 atom stereocenters. The molecular weight excluding hydrogens is 382 g/mol. The smallest absolute Gasteiger partial charge is 0.251 e. The van der Waals surface area contributed by atoms with Gasteiger partial charge in [0, 0.05) is 13.2 Å². The third-order valence-corrected chi connectivity index (χ3v) is 6.27. The van der Waals surface area contributed by atoms with E-state index in [4.69, 9.17) is 10.5 Å². The quantitative estimate of drug-likeness (QED) is 0.581. The van der Waals surface area contributed by atoms with Crippen LogP contribution in [0.4, 0.5) is 10.1 Å². The molecule has 1 fully saturated rings. The van der Waals surface area contributed by atoms with Gasteiger partial charge < -0.3 is 21.1 Å². The second-order valence-electron chi connectivity index (χ2n) is 5.25. The lowest BCUT2D eigenvalue weighted by molar-refractivity contribution is -0.113. The summed E-state index contributed by atoms with van der Waals surface area (Å²) in [5.74, 6) is -0.606. The standard InChI is InChI=1S/C14H17N5O3S3/c15-11(21)9-3-5-23-12(9)17-10(20)7-24-14-19-18-13(25-14)16-6-8-2-1-4-22-8/h3,5,8H,1-2,4,6-7H2,(H2,15,21)(H,16,18)(H,17,20). The Morgan fingerprint density at radius 3 is 3.08 bits per heavy atom. The Labute approximate surface area is 156 Å². The van der Waals surface area contributed by atoms with E-state index in [2.05, 4.69) is 20.8 Å². The van der Waals surface area contributed by atoms with Crippen LogP contribution in [0.3, 0.4) is 0 Å². The first kappa shape index (κ1) is 18.1. The number of thiophene rings is 1. The number of aromatic nitrogens is 2. The highest BCUT2D eigenvalue weighted by Crippen LogP contribution is 2.27. The fourth-order valence-corrected chi connectivity index (χ4v) is 4.60. The topological polar surface area (TPSA) is 119 Å². The monoisotopic (exact) mass is 399 g/mol. The van der Waals surface area contributed by atoms with E-state index in [1.165, 1.54) is 34.4 Å². The molecule has 0 bridgehead atoms. The molecule has 0 aromatic carbocycles. The van der Waals surface area contributed by atoms with Gasteiger partial charge in [-0.25, -0.2) is 0 Å². The Balaban J connectivity index is 1.44. The zero-order valence-electron chi connectivity index (χ0n) is 13.2. The van der Waals surface area contributed by atoms with Gasteiger partial charge in [-0.2, -0.15) is 0 Å². The van der Waals surface area contributed by atoms with Gasteiger partial charge in [-0.3, -0.25) is 9.59 Å². The second kappa shape index (κ2) is 8.61. The van der Waals surface area contributed by atoms with Gasteiger partial charge in [0.25, 0.3) is 5.91 Å². The van der Waals surface area contributed by atoms with Gasteiger partial charge in [-0.05, 0) is 24.3 Å². The minimum atomic E-state index is -0.560. The number of hydrogen-bond acceptors (Lipinski definition) is 9. The zero-order chi connectivity index (χ0) is 17.6. The molecule has 2 aromatic rings. The van der Waals surface area contributed by atoms with Gasteiger partial charge in [-0.1, -0.05) is 23.1 Å². The second-order valence-corrected chi connectivity index (χ2v) is 8.37. The third-order valence-electron chi connectivity index (χ3n) is 3.42. The van der Waals surface area contributed by atoms with E-state index >= 15 is 0 Å². The van der Waals surface area contributed by atoms with Crippen molar-refractivity contribution in [2.75, 3.05) is 29.5 Å². The number of primary amides is 1. The van der Waals surface area contributed by atoms with Crippen molar-refractivity contribution in [2.24, 2.45) is 5.73 Å². The molecule has 1 aliphatic rings. The van der Waals surface area contributed by atoms with Crippen LogP contribution in [0.2, 0.25) is 0 Å². The van der Waals surface area contributed by atoms with E-state index in [0.29, 0.717) is 26.6 Å². The molecule has 134 valence electrons. The normalized spacial score (nSPS) is 16.7. The highest BCUT2D eigenvalue weighted by atomic mass is 32.2. The molecule has 0 spiro atoms. The zero-order valence-corrected chi connectivity index (χ0v) is 15.6. The maximum atomic E-state index is 12.0. The van der Waals surface area contributed by atoms with E-state index in [1.807, 2.05) is 0 Å². The van der Waals surface area contributed by atoms with Crippen LogP contribution in [0, 0.1) is 0 Å². The number of ether oxygens (including phenoxy) is 1. The maximum Gasteiger partial charge on any atom is 0.251 e. The number of carbonyl (C=O) groups excluding carboxylic acids is 2. The van der Waals surface area contributed by atoms with Crippen molar-refractivity contribution in [3.8, 4) is 0 Å². The number of carbonyl (C=O) groups is 2. The average molecular weight is 400 g/mol. The lowest BCUT2D eigenvalue weighted by atomic mass is 10.2. The van der Waals surface area contributed by atoms with Gasteiger partial charge >= 0.3 is 0 Å². The van der Waals surface area contributed by atoms with Crippen molar-refractivity contribution in [2.45, 2.75) is 23.3 Å². The molecule has 25 heavy (non-hydrogen) atoms. The van der Waals surface area contributed by atoms with Crippen molar-refractivity contribution >= 4 is 56.4 Å². The van der Waals surface area contributed by atoms with Gasteiger partial charge in [0.15, 0.2) is 4.34 Å². The minimum absolute atomic E-state index is 0.177. The summed E-state index contributed by atoms with van der Waals surface area (Å²) in [6.45, 7) is 1.54. The lowest BCUT2D eigenvalue weighted by Gasteiger charge is -2.08. The Kier molecular flexibility index (Phi) is 6.24. The van der Waals surface area contributed by atoms with Crippen molar-refractivity contribution < 1.29 is 14.3 Å². The predicted octanol–water partition coefficient (Wildman–Crippen LogP) is 2.02. The van der Waals surface area contributed by atoms with Gasteiger partial charge in [0.1, 0.15) is 5.00 Å². The Bertz CT molecular complexity index is 742. The molecule has 11 heteroatoms. The van der Waals surface area contributed by atoms with Gasteiger partial charge in [0.2, 0.25) is 11.0 Å². The van der Waals surface area contributed by atoms with E-state index < -0.39 is 5.91 Å². The molecule has 0 aliphatic carbocycles. The van der Waals surface area contributed by atoms with Crippen molar-refractivity contribution in [3.63, 3.8) is 0 Å². The molecule has 8 nitrogen and oxygen atoms in total. The third kappa shape index (κ3) is 5.14. The fraction of sp³-hybridized carbons (Fsp3) is 0.429. The summed E-state index contributed by atoms with van der Waals surface area (Å²) in [6, 6.07) is 1.59. The summed E-state index contributed by atoms with van der Waals surface area (Å²) in [4.78, 5) is 23.3. The number of nitrogens with two attached hydrogens (primary N) is 1. The molecule has 1 saturated heterocycles. The van der Waals surface area contributed by atoms with Crippen LogP contribution in [0.15, 0.2) is 15.8 Å². The van der Waals surface area contributed by atoms with Gasteiger partial charge in [-0.15, -0.1) is 21.5 Å². The molecule has 1 aliphatic heterocycles. The molecule has 2 aromatic heterocycles. The minimum Gasteiger partial charge on any atom is -0.376 e. The van der Waals surface area contributed by atoms with Crippen molar-refractivity contribution in [1.82, 2.24) is 10.2 Å². The first-order valence-corrected chi connectivity index (χ1v) is 10.3. The fourth-order valence-electron chi connectivity index (χ4n) is 2.24. The number of thioether (sulfide) groups is 1. The molecule has 2 amide bonds. The van der Waals surface area contributed by atoms with Crippen LogP contribution in [0.1, 0.15) is 23.2 Å². The van der Waals surface area contributed by atoms with Crippen LogP contribution >= 0.6 is 34.4 Å². The molecular formula is C14H17N5O3S3. The molecule has 4 N–H and O–H groups in total. The summed E-state index contributed by atoms with van der Waals surface area (Å²) in [5.41, 5.74) is 5.57. The Morgan fingerprint density at radius 1 is 1.44 bits per heavy atom. The highest BCUT2D eigenvalue weighted by Gasteiger charge is 2.16. The van der Waals surface area contributed by atoms with E-state index in [1.54, 1.807) is 11.4 Å². The van der Waals surface area contributed by atoms with Crippen LogP contribution in [0.25, 0.3) is 0 Å². The molecule has 0 radical (unpaired) electrons. The molecule has 0 saturated carbocycles. The van der Waals surface area contributed by atoms with Crippen LogP contribution in [-0.4, -0.2) is 47.0 Å². The number of anilines is 2. The van der Waals surface area contributed by atoms with E-state index in [0.717, 1.165) is 19.4 Å². The number of rotatable bonds is 8.